The fraction of sp³-hybridized carbons (Fsp3) is 0.391. The smallest absolute Gasteiger partial charge is 0.324 e. The van der Waals surface area contributed by atoms with Crippen molar-refractivity contribution in [3.8, 4) is 5.75 Å². The molecule has 0 unspecified atom stereocenters. The fourth-order valence-corrected chi connectivity index (χ4v) is 4.24. The summed E-state index contributed by atoms with van der Waals surface area (Å²) in [6.07, 6.45) is 1.05. The molecule has 1 fully saturated rings. The minimum Gasteiger partial charge on any atom is -0.487 e. The normalized spacial score (nSPS) is 18.9. The molecule has 0 saturated carbocycles. The molecule has 3 amide bonds. The van der Waals surface area contributed by atoms with Crippen LogP contribution in [0.25, 0.3) is 0 Å². The van der Waals surface area contributed by atoms with Crippen LogP contribution in [-0.4, -0.2) is 42.6 Å². The van der Waals surface area contributed by atoms with Crippen LogP contribution in [0.1, 0.15) is 25.3 Å². The van der Waals surface area contributed by atoms with Crippen LogP contribution >= 0.6 is 11.6 Å². The number of anilines is 1. The molecule has 0 bridgehead atoms. The van der Waals surface area contributed by atoms with E-state index in [9.17, 15) is 14.0 Å². The van der Waals surface area contributed by atoms with Gasteiger partial charge in [0.25, 0.3) is 0 Å². The Balaban J connectivity index is 1.34. The van der Waals surface area contributed by atoms with Crippen molar-refractivity contribution in [2.45, 2.75) is 32.4 Å². The van der Waals surface area contributed by atoms with Gasteiger partial charge in [-0.25, -0.2) is 9.18 Å². The first kappa shape index (κ1) is 21.4. The number of benzene rings is 2. The summed E-state index contributed by atoms with van der Waals surface area (Å²) in [6.45, 7) is 3.66. The van der Waals surface area contributed by atoms with Crippen LogP contribution in [0.3, 0.4) is 0 Å². The fourth-order valence-electron chi connectivity index (χ4n) is 4.08. The van der Waals surface area contributed by atoms with Gasteiger partial charge < -0.3 is 15.0 Å². The molecule has 1 saturated heterocycles. The lowest BCUT2D eigenvalue weighted by Crippen LogP contribution is -2.52. The van der Waals surface area contributed by atoms with Gasteiger partial charge in [0, 0.05) is 30.6 Å². The minimum atomic E-state index is -0.320. The van der Waals surface area contributed by atoms with E-state index in [4.69, 9.17) is 16.3 Å². The molecule has 4 rings (SSSR count). The largest absolute Gasteiger partial charge is 0.487 e. The highest BCUT2D eigenvalue weighted by Crippen LogP contribution is 2.36. The van der Waals surface area contributed by atoms with Crippen molar-refractivity contribution in [1.29, 1.82) is 0 Å². The molecule has 31 heavy (non-hydrogen) atoms. The SMILES string of the molecule is C[C@H]1CN(C(=O)N2CCC(C(=O)NCc3cccc(F)c3)CC2)c2cc(Cl)ccc2O1. The zero-order valence-corrected chi connectivity index (χ0v) is 18.1. The summed E-state index contributed by atoms with van der Waals surface area (Å²) in [6, 6.07) is 11.4. The molecule has 8 heteroatoms. The molecule has 2 aliphatic heterocycles. The monoisotopic (exact) mass is 445 g/mol. The highest BCUT2D eigenvalue weighted by molar-refractivity contribution is 6.31. The predicted molar refractivity (Wildman–Crippen MR) is 117 cm³/mol. The van der Waals surface area contributed by atoms with Crippen molar-refractivity contribution in [2.75, 3.05) is 24.5 Å². The second-order valence-electron chi connectivity index (χ2n) is 8.04. The third kappa shape index (κ3) is 4.93. The van der Waals surface area contributed by atoms with Crippen molar-refractivity contribution < 1.29 is 18.7 Å². The Morgan fingerprint density at radius 3 is 2.71 bits per heavy atom. The van der Waals surface area contributed by atoms with Crippen molar-refractivity contribution in [2.24, 2.45) is 5.92 Å². The maximum absolute atomic E-state index is 13.3. The van der Waals surface area contributed by atoms with Gasteiger partial charge in [0.15, 0.2) is 0 Å². The lowest BCUT2D eigenvalue weighted by atomic mass is 9.96. The number of likely N-dealkylation sites (tertiary alicyclic amines) is 1. The Bertz CT molecular complexity index is 978. The summed E-state index contributed by atoms with van der Waals surface area (Å²) in [7, 11) is 0. The van der Waals surface area contributed by atoms with E-state index < -0.39 is 0 Å². The Morgan fingerprint density at radius 1 is 1.19 bits per heavy atom. The van der Waals surface area contributed by atoms with Crippen LogP contribution in [0.4, 0.5) is 14.9 Å². The number of nitrogens with one attached hydrogen (secondary N) is 1. The van der Waals surface area contributed by atoms with Gasteiger partial charge in [-0.2, -0.15) is 0 Å². The topological polar surface area (TPSA) is 61.9 Å². The molecule has 6 nitrogen and oxygen atoms in total. The van der Waals surface area contributed by atoms with E-state index in [2.05, 4.69) is 5.32 Å². The number of urea groups is 1. The Kier molecular flexibility index (Phi) is 6.32. The second kappa shape index (κ2) is 9.14. The van der Waals surface area contributed by atoms with Gasteiger partial charge in [0.05, 0.1) is 12.2 Å². The first-order valence-corrected chi connectivity index (χ1v) is 10.8. The molecule has 0 radical (unpaired) electrons. The molecular formula is C23H25ClFN3O3. The first-order chi connectivity index (χ1) is 14.9. The first-order valence-electron chi connectivity index (χ1n) is 10.5. The van der Waals surface area contributed by atoms with Crippen LogP contribution in [-0.2, 0) is 11.3 Å². The zero-order valence-electron chi connectivity index (χ0n) is 17.3. The van der Waals surface area contributed by atoms with Crippen molar-refractivity contribution in [1.82, 2.24) is 10.2 Å². The number of halogens is 2. The molecule has 2 heterocycles. The van der Waals surface area contributed by atoms with Crippen LogP contribution in [0.2, 0.25) is 5.02 Å². The molecule has 0 aliphatic carbocycles. The molecular weight excluding hydrogens is 421 g/mol. The number of ether oxygens (including phenoxy) is 1. The molecule has 1 N–H and O–H groups in total. The van der Waals surface area contributed by atoms with Crippen LogP contribution in [0.15, 0.2) is 42.5 Å². The third-order valence-electron chi connectivity index (χ3n) is 5.70. The predicted octanol–water partition coefficient (Wildman–Crippen LogP) is 4.21. The quantitative estimate of drug-likeness (QED) is 0.769. The summed E-state index contributed by atoms with van der Waals surface area (Å²) >= 11 is 6.13. The number of nitrogens with zero attached hydrogens (tertiary/aromatic N) is 2. The van der Waals surface area contributed by atoms with Gasteiger partial charge in [0.1, 0.15) is 17.7 Å². The summed E-state index contributed by atoms with van der Waals surface area (Å²) in [5.41, 5.74) is 1.39. The molecule has 0 spiro atoms. The lowest BCUT2D eigenvalue weighted by Gasteiger charge is -2.39. The summed E-state index contributed by atoms with van der Waals surface area (Å²) in [5, 5.41) is 3.42. The van der Waals surface area contributed by atoms with E-state index in [1.165, 1.54) is 12.1 Å². The van der Waals surface area contributed by atoms with E-state index >= 15 is 0 Å². The van der Waals surface area contributed by atoms with Gasteiger partial charge in [-0.1, -0.05) is 23.7 Å². The van der Waals surface area contributed by atoms with Gasteiger partial charge >= 0.3 is 6.03 Å². The van der Waals surface area contributed by atoms with Crippen molar-refractivity contribution in [3.05, 3.63) is 58.9 Å². The van der Waals surface area contributed by atoms with Crippen LogP contribution < -0.4 is 15.0 Å². The van der Waals surface area contributed by atoms with E-state index in [0.29, 0.717) is 55.5 Å². The van der Waals surface area contributed by atoms with Crippen LogP contribution in [0, 0.1) is 11.7 Å². The van der Waals surface area contributed by atoms with Gasteiger partial charge in [-0.05, 0) is 55.7 Å². The number of fused-ring (bicyclic) bond motifs is 1. The molecule has 1 atom stereocenters. The zero-order chi connectivity index (χ0) is 22.0. The maximum Gasteiger partial charge on any atom is 0.324 e. The molecule has 164 valence electrons. The standard InChI is InChI=1S/C23H25ClFN3O3/c1-15-14-28(20-12-18(24)5-6-21(20)31-15)23(30)27-9-7-17(8-10-27)22(29)26-13-16-3-2-4-19(25)11-16/h2-6,11-12,15,17H,7-10,13-14H2,1H3,(H,26,29)/t15-/m0/s1. The Hall–Kier alpha value is -2.80. The van der Waals surface area contributed by atoms with E-state index in [-0.39, 0.29) is 29.8 Å². The molecule has 2 aromatic rings. The summed E-state index contributed by atoms with van der Waals surface area (Å²) in [4.78, 5) is 29.2. The summed E-state index contributed by atoms with van der Waals surface area (Å²) < 4.78 is 19.1. The number of carbonyl (C=O) groups excluding carboxylic acids is 2. The Labute approximate surface area is 185 Å². The summed E-state index contributed by atoms with van der Waals surface area (Å²) in [5.74, 6) is 0.0957. The minimum absolute atomic E-state index is 0.0616. The van der Waals surface area contributed by atoms with Gasteiger partial charge in [-0.3, -0.25) is 9.69 Å². The van der Waals surface area contributed by atoms with Crippen molar-refractivity contribution >= 4 is 29.2 Å². The molecule has 0 aromatic heterocycles. The van der Waals surface area contributed by atoms with E-state index in [0.717, 1.165) is 5.56 Å². The number of hydrogen-bond donors (Lipinski definition) is 1. The average molecular weight is 446 g/mol. The molecule has 2 aromatic carbocycles. The van der Waals surface area contributed by atoms with E-state index in [1.54, 1.807) is 40.1 Å². The maximum atomic E-state index is 13.3. The number of carbonyl (C=O) groups is 2. The molecule has 2 aliphatic rings. The Morgan fingerprint density at radius 2 is 1.97 bits per heavy atom. The third-order valence-corrected chi connectivity index (χ3v) is 5.94. The van der Waals surface area contributed by atoms with E-state index in [1.807, 2.05) is 6.92 Å². The van der Waals surface area contributed by atoms with Crippen LogP contribution in [0.5, 0.6) is 5.75 Å². The second-order valence-corrected chi connectivity index (χ2v) is 8.48. The number of piperidine rings is 1. The number of rotatable bonds is 3. The lowest BCUT2D eigenvalue weighted by molar-refractivity contribution is -0.126. The highest BCUT2D eigenvalue weighted by atomic mass is 35.5. The number of hydrogen-bond acceptors (Lipinski definition) is 3. The van der Waals surface area contributed by atoms with Gasteiger partial charge in [-0.15, -0.1) is 0 Å². The van der Waals surface area contributed by atoms with Crippen molar-refractivity contribution in [3.63, 3.8) is 0 Å². The number of amides is 3. The highest BCUT2D eigenvalue weighted by Gasteiger charge is 2.34. The average Bonchev–Trinajstić information content (AvgIpc) is 2.77. The van der Waals surface area contributed by atoms with Gasteiger partial charge in [0.2, 0.25) is 5.91 Å².